The van der Waals surface area contributed by atoms with Crippen LogP contribution in [0.5, 0.6) is 0 Å². The van der Waals surface area contributed by atoms with Crippen molar-refractivity contribution in [2.75, 3.05) is 20.6 Å². The van der Waals surface area contributed by atoms with Crippen molar-refractivity contribution in [1.29, 1.82) is 0 Å². The third kappa shape index (κ3) is 4.92. The van der Waals surface area contributed by atoms with E-state index in [1.54, 1.807) is 0 Å². The smallest absolute Gasteiger partial charge is 0.0292 e. The fourth-order valence-corrected chi connectivity index (χ4v) is 2.60. The lowest BCUT2D eigenvalue weighted by molar-refractivity contribution is 0.220. The first-order chi connectivity index (χ1) is 9.32. The average molecular weight is 276 g/mol. The van der Waals surface area contributed by atoms with E-state index < -0.39 is 0 Å². The molecule has 0 aromatic heterocycles. The van der Waals surface area contributed by atoms with E-state index in [9.17, 15) is 0 Å². The highest BCUT2D eigenvalue weighted by Gasteiger charge is 2.16. The van der Waals surface area contributed by atoms with E-state index in [0.717, 1.165) is 6.54 Å². The Morgan fingerprint density at radius 1 is 0.900 bits per heavy atom. The molecule has 1 aromatic rings. The minimum atomic E-state index is 0.400. The molecule has 0 saturated heterocycles. The number of rotatable bonds is 7. The van der Waals surface area contributed by atoms with Gasteiger partial charge in [0.15, 0.2) is 0 Å². The molecule has 1 N–H and O–H groups in total. The summed E-state index contributed by atoms with van der Waals surface area (Å²) in [6, 6.07) is 10.00. The van der Waals surface area contributed by atoms with Gasteiger partial charge in [0, 0.05) is 18.6 Å². The van der Waals surface area contributed by atoms with Gasteiger partial charge in [-0.05, 0) is 44.0 Å². The Bertz CT molecular complexity index is 371. The molecule has 1 rings (SSSR count). The topological polar surface area (TPSA) is 15.3 Å². The fourth-order valence-electron chi connectivity index (χ4n) is 2.60. The summed E-state index contributed by atoms with van der Waals surface area (Å²) in [5.74, 6) is 1.26. The zero-order chi connectivity index (χ0) is 15.3. The summed E-state index contributed by atoms with van der Waals surface area (Å²) < 4.78 is 0. The van der Waals surface area contributed by atoms with E-state index in [-0.39, 0.29) is 0 Å². The van der Waals surface area contributed by atoms with Gasteiger partial charge in [0.25, 0.3) is 0 Å². The number of nitrogens with one attached hydrogen (secondary N) is 1. The van der Waals surface area contributed by atoms with Crippen LogP contribution < -0.4 is 5.32 Å². The number of hydrogen-bond donors (Lipinski definition) is 1. The minimum absolute atomic E-state index is 0.400. The van der Waals surface area contributed by atoms with Gasteiger partial charge in [-0.25, -0.2) is 0 Å². The Hall–Kier alpha value is -0.860. The highest BCUT2D eigenvalue weighted by atomic mass is 15.1. The first kappa shape index (κ1) is 17.2. The monoisotopic (exact) mass is 276 g/mol. The van der Waals surface area contributed by atoms with Gasteiger partial charge in [-0.1, -0.05) is 52.0 Å². The Kier molecular flexibility index (Phi) is 6.70. The van der Waals surface area contributed by atoms with Crippen molar-refractivity contribution in [3.8, 4) is 0 Å². The van der Waals surface area contributed by atoms with Gasteiger partial charge in [-0.3, -0.25) is 0 Å². The number of nitrogens with zero attached hydrogens (tertiary/aromatic N) is 1. The van der Waals surface area contributed by atoms with Gasteiger partial charge in [0.1, 0.15) is 0 Å². The van der Waals surface area contributed by atoms with Crippen LogP contribution in [0.25, 0.3) is 0 Å². The third-order valence-corrected chi connectivity index (χ3v) is 4.17. The third-order valence-electron chi connectivity index (χ3n) is 4.17. The van der Waals surface area contributed by atoms with Crippen molar-refractivity contribution in [3.63, 3.8) is 0 Å². The summed E-state index contributed by atoms with van der Waals surface area (Å²) in [5, 5.41) is 3.67. The SMILES string of the molecule is CC(C)c1ccc(C(C)NCC(C(C)C)N(C)C)cc1. The Labute approximate surface area is 125 Å². The highest BCUT2D eigenvalue weighted by molar-refractivity contribution is 5.26. The van der Waals surface area contributed by atoms with Crippen molar-refractivity contribution < 1.29 is 0 Å². The summed E-state index contributed by atoms with van der Waals surface area (Å²) in [6.07, 6.45) is 0. The number of hydrogen-bond acceptors (Lipinski definition) is 2. The standard InChI is InChI=1S/C18H32N2/c1-13(2)16-8-10-17(11-9-16)15(5)19-12-18(14(3)4)20(6)7/h8-11,13-15,18-19H,12H2,1-7H3. The Balaban J connectivity index is 2.60. The second kappa shape index (κ2) is 7.80. The molecule has 0 aliphatic carbocycles. The Morgan fingerprint density at radius 2 is 1.40 bits per heavy atom. The van der Waals surface area contributed by atoms with Crippen molar-refractivity contribution >= 4 is 0 Å². The molecular weight excluding hydrogens is 244 g/mol. The van der Waals surface area contributed by atoms with Crippen LogP contribution in [0, 0.1) is 5.92 Å². The predicted molar refractivity (Wildman–Crippen MR) is 89.3 cm³/mol. The van der Waals surface area contributed by atoms with Gasteiger partial charge in [0.05, 0.1) is 0 Å². The average Bonchev–Trinajstić information content (AvgIpc) is 2.38. The van der Waals surface area contributed by atoms with Crippen molar-refractivity contribution in [3.05, 3.63) is 35.4 Å². The van der Waals surface area contributed by atoms with Gasteiger partial charge in [-0.2, -0.15) is 0 Å². The lowest BCUT2D eigenvalue weighted by Gasteiger charge is -2.29. The maximum atomic E-state index is 3.67. The summed E-state index contributed by atoms with van der Waals surface area (Å²) in [7, 11) is 4.32. The molecule has 114 valence electrons. The molecule has 0 amide bonds. The molecule has 0 fully saturated rings. The van der Waals surface area contributed by atoms with Crippen molar-refractivity contribution in [1.82, 2.24) is 10.2 Å². The molecule has 0 saturated carbocycles. The molecule has 0 bridgehead atoms. The van der Waals surface area contributed by atoms with E-state index in [0.29, 0.717) is 23.9 Å². The summed E-state index contributed by atoms with van der Waals surface area (Å²) in [5.41, 5.74) is 2.78. The van der Waals surface area contributed by atoms with Crippen molar-refractivity contribution in [2.24, 2.45) is 5.92 Å². The Morgan fingerprint density at radius 3 is 1.80 bits per heavy atom. The van der Waals surface area contributed by atoms with Crippen LogP contribution in [0.4, 0.5) is 0 Å². The van der Waals surface area contributed by atoms with E-state index in [4.69, 9.17) is 0 Å². The van der Waals surface area contributed by atoms with Gasteiger partial charge in [-0.15, -0.1) is 0 Å². The lowest BCUT2D eigenvalue weighted by atomic mass is 9.99. The quantitative estimate of drug-likeness (QED) is 0.808. The lowest BCUT2D eigenvalue weighted by Crippen LogP contribution is -2.42. The van der Waals surface area contributed by atoms with E-state index in [2.05, 4.69) is 83.2 Å². The molecule has 2 nitrogen and oxygen atoms in total. The van der Waals surface area contributed by atoms with E-state index in [1.165, 1.54) is 11.1 Å². The fraction of sp³-hybridized carbons (Fsp3) is 0.667. The first-order valence-electron chi connectivity index (χ1n) is 7.82. The molecule has 2 unspecified atom stereocenters. The van der Waals surface area contributed by atoms with Crippen LogP contribution in [-0.2, 0) is 0 Å². The van der Waals surface area contributed by atoms with Gasteiger partial charge < -0.3 is 10.2 Å². The van der Waals surface area contributed by atoms with Crippen LogP contribution in [0.15, 0.2) is 24.3 Å². The molecule has 1 aromatic carbocycles. The van der Waals surface area contributed by atoms with Crippen LogP contribution >= 0.6 is 0 Å². The normalized spacial score (nSPS) is 15.1. The molecule has 20 heavy (non-hydrogen) atoms. The summed E-state index contributed by atoms with van der Waals surface area (Å²) in [4.78, 5) is 2.31. The number of benzene rings is 1. The van der Waals surface area contributed by atoms with Crippen LogP contribution in [0.3, 0.4) is 0 Å². The van der Waals surface area contributed by atoms with Crippen LogP contribution in [-0.4, -0.2) is 31.6 Å². The zero-order valence-corrected chi connectivity index (χ0v) is 14.3. The molecule has 2 atom stereocenters. The van der Waals surface area contributed by atoms with Crippen molar-refractivity contribution in [2.45, 2.75) is 52.6 Å². The molecule has 0 aliphatic heterocycles. The van der Waals surface area contributed by atoms with E-state index >= 15 is 0 Å². The zero-order valence-electron chi connectivity index (χ0n) is 14.3. The minimum Gasteiger partial charge on any atom is -0.309 e. The molecule has 0 heterocycles. The maximum Gasteiger partial charge on any atom is 0.0292 e. The van der Waals surface area contributed by atoms with Gasteiger partial charge >= 0.3 is 0 Å². The molecule has 0 spiro atoms. The molecule has 0 radical (unpaired) electrons. The second-order valence-electron chi connectivity index (χ2n) is 6.73. The summed E-state index contributed by atoms with van der Waals surface area (Å²) in [6.45, 7) is 12.3. The van der Waals surface area contributed by atoms with Gasteiger partial charge in [0.2, 0.25) is 0 Å². The highest BCUT2D eigenvalue weighted by Crippen LogP contribution is 2.19. The summed E-state index contributed by atoms with van der Waals surface area (Å²) >= 11 is 0. The number of likely N-dealkylation sites (N-methyl/N-ethyl adjacent to an activating group) is 1. The molecular formula is C18H32N2. The second-order valence-corrected chi connectivity index (χ2v) is 6.73. The van der Waals surface area contributed by atoms with E-state index in [1.807, 2.05) is 0 Å². The largest absolute Gasteiger partial charge is 0.309 e. The van der Waals surface area contributed by atoms with Crippen LogP contribution in [0.1, 0.15) is 57.7 Å². The molecule has 2 heteroatoms. The predicted octanol–water partition coefficient (Wildman–Crippen LogP) is 4.05. The maximum absolute atomic E-state index is 3.67. The van der Waals surface area contributed by atoms with Crippen LogP contribution in [0.2, 0.25) is 0 Å². The first-order valence-corrected chi connectivity index (χ1v) is 7.82. The molecule has 0 aliphatic rings.